The summed E-state index contributed by atoms with van der Waals surface area (Å²) in [6, 6.07) is 17.0. The summed E-state index contributed by atoms with van der Waals surface area (Å²) in [5, 5.41) is 4.26. The minimum atomic E-state index is -3.80. The largest absolute Gasteiger partial charge is 0.489 e. The number of nitrogens with zero attached hydrogens (tertiary/aromatic N) is 1. The highest BCUT2D eigenvalue weighted by Gasteiger charge is 2.12. The van der Waals surface area contributed by atoms with Crippen LogP contribution in [0.15, 0.2) is 81.2 Å². The van der Waals surface area contributed by atoms with Gasteiger partial charge in [0, 0.05) is 15.1 Å². The summed E-state index contributed by atoms with van der Waals surface area (Å²) >= 11 is 9.16. The zero-order valence-electron chi connectivity index (χ0n) is 14.8. The minimum absolute atomic E-state index is 0.0505. The quantitative estimate of drug-likeness (QED) is 0.363. The smallest absolute Gasteiger partial charge is 0.276 e. The molecule has 0 aliphatic rings. The first-order chi connectivity index (χ1) is 13.8. The lowest BCUT2D eigenvalue weighted by Crippen LogP contribution is -2.18. The van der Waals surface area contributed by atoms with Crippen LogP contribution in [0.3, 0.4) is 0 Å². The number of hydrazone groups is 1. The van der Waals surface area contributed by atoms with Gasteiger partial charge >= 0.3 is 0 Å². The van der Waals surface area contributed by atoms with Crippen molar-refractivity contribution in [1.82, 2.24) is 4.83 Å². The highest BCUT2D eigenvalue weighted by molar-refractivity contribution is 9.10. The summed E-state index contributed by atoms with van der Waals surface area (Å²) < 4.78 is 43.8. The Kier molecular flexibility index (Phi) is 6.89. The van der Waals surface area contributed by atoms with Crippen LogP contribution in [-0.2, 0) is 16.6 Å². The van der Waals surface area contributed by atoms with Gasteiger partial charge in [0.25, 0.3) is 10.0 Å². The molecular weight excluding hydrogens is 483 g/mol. The molecule has 0 spiro atoms. The molecule has 0 fully saturated rings. The molecule has 3 aromatic rings. The third kappa shape index (κ3) is 6.03. The number of sulfonamides is 1. The van der Waals surface area contributed by atoms with Gasteiger partial charge < -0.3 is 4.74 Å². The maximum absolute atomic E-state index is 13.0. The average Bonchev–Trinajstić information content (AvgIpc) is 2.70. The van der Waals surface area contributed by atoms with Crippen molar-refractivity contribution in [2.75, 3.05) is 0 Å². The van der Waals surface area contributed by atoms with Gasteiger partial charge in [-0.2, -0.15) is 13.5 Å². The normalized spacial score (nSPS) is 11.6. The van der Waals surface area contributed by atoms with E-state index in [0.29, 0.717) is 20.8 Å². The van der Waals surface area contributed by atoms with E-state index < -0.39 is 10.0 Å². The van der Waals surface area contributed by atoms with Crippen molar-refractivity contribution in [2.45, 2.75) is 11.5 Å². The molecule has 0 heterocycles. The number of hydrogen-bond donors (Lipinski definition) is 1. The predicted molar refractivity (Wildman–Crippen MR) is 114 cm³/mol. The molecule has 3 rings (SSSR count). The number of halogens is 3. The summed E-state index contributed by atoms with van der Waals surface area (Å²) in [7, 11) is -3.80. The van der Waals surface area contributed by atoms with Crippen LogP contribution in [-0.4, -0.2) is 14.6 Å². The van der Waals surface area contributed by atoms with Crippen LogP contribution in [0.4, 0.5) is 4.39 Å². The van der Waals surface area contributed by atoms with Gasteiger partial charge in [0.2, 0.25) is 0 Å². The van der Waals surface area contributed by atoms with E-state index >= 15 is 0 Å². The lowest BCUT2D eigenvalue weighted by Gasteiger charge is -2.08. The molecule has 0 unspecified atom stereocenters. The van der Waals surface area contributed by atoms with Crippen molar-refractivity contribution in [3.8, 4) is 5.75 Å². The van der Waals surface area contributed by atoms with E-state index in [1.165, 1.54) is 42.6 Å². The van der Waals surface area contributed by atoms with Crippen molar-refractivity contribution in [1.29, 1.82) is 0 Å². The van der Waals surface area contributed by atoms with E-state index in [2.05, 4.69) is 25.9 Å². The van der Waals surface area contributed by atoms with Crippen LogP contribution >= 0.6 is 27.5 Å². The fourth-order valence-electron chi connectivity index (χ4n) is 2.29. The molecule has 0 radical (unpaired) electrons. The number of ether oxygens (including phenoxy) is 1. The lowest BCUT2D eigenvalue weighted by atomic mass is 10.2. The zero-order chi connectivity index (χ0) is 20.9. The van der Waals surface area contributed by atoms with Crippen LogP contribution in [0, 0.1) is 5.82 Å². The van der Waals surface area contributed by atoms with Crippen LogP contribution in [0.1, 0.15) is 11.1 Å². The van der Waals surface area contributed by atoms with Crippen molar-refractivity contribution < 1.29 is 17.5 Å². The van der Waals surface area contributed by atoms with Gasteiger partial charge in [0.05, 0.1) is 11.1 Å². The topological polar surface area (TPSA) is 67.8 Å². The van der Waals surface area contributed by atoms with E-state index in [-0.39, 0.29) is 17.3 Å². The molecule has 0 amide bonds. The number of benzene rings is 3. The first-order valence-electron chi connectivity index (χ1n) is 8.31. The zero-order valence-corrected chi connectivity index (χ0v) is 18.0. The van der Waals surface area contributed by atoms with Gasteiger partial charge in [0.1, 0.15) is 18.2 Å². The molecule has 0 aliphatic heterocycles. The first-order valence-corrected chi connectivity index (χ1v) is 11.0. The molecule has 3 aromatic carbocycles. The van der Waals surface area contributed by atoms with Crippen LogP contribution in [0.5, 0.6) is 5.75 Å². The Balaban J connectivity index is 1.67. The molecular formula is C20H15BrClFN2O3S. The molecule has 0 saturated heterocycles. The fourth-order valence-corrected chi connectivity index (χ4v) is 3.56. The van der Waals surface area contributed by atoms with Gasteiger partial charge in [-0.15, -0.1) is 0 Å². The highest BCUT2D eigenvalue weighted by Crippen LogP contribution is 2.22. The molecule has 0 saturated carbocycles. The molecule has 1 N–H and O–H groups in total. The Morgan fingerprint density at radius 3 is 2.45 bits per heavy atom. The van der Waals surface area contributed by atoms with Gasteiger partial charge in [-0.05, 0) is 60.2 Å². The Morgan fingerprint density at radius 2 is 1.76 bits per heavy atom. The number of nitrogens with one attached hydrogen (secondary N) is 1. The van der Waals surface area contributed by atoms with Crippen molar-refractivity contribution in [3.05, 3.63) is 93.2 Å². The Morgan fingerprint density at radius 1 is 1.07 bits per heavy atom. The summed E-state index contributed by atoms with van der Waals surface area (Å²) in [4.78, 5) is 2.20. The number of rotatable bonds is 7. The second-order valence-corrected chi connectivity index (χ2v) is 8.86. The molecule has 0 bridgehead atoms. The third-order valence-electron chi connectivity index (χ3n) is 3.79. The van der Waals surface area contributed by atoms with E-state index in [1.54, 1.807) is 30.3 Å². The Bertz CT molecular complexity index is 1120. The third-order valence-corrected chi connectivity index (χ3v) is 6.00. The second-order valence-electron chi connectivity index (χ2n) is 5.91. The van der Waals surface area contributed by atoms with Gasteiger partial charge in [-0.25, -0.2) is 9.22 Å². The molecule has 29 heavy (non-hydrogen) atoms. The SMILES string of the molecule is O=S(=O)(N/N=C\c1cc(OCc2ccc(F)cc2)ccc1Br)c1ccc(Cl)cc1. The maximum atomic E-state index is 13.0. The molecule has 0 aliphatic carbocycles. The summed E-state index contributed by atoms with van der Waals surface area (Å²) in [5.41, 5.74) is 1.43. The van der Waals surface area contributed by atoms with Gasteiger partial charge in [-0.1, -0.05) is 39.7 Å². The highest BCUT2D eigenvalue weighted by atomic mass is 79.9. The van der Waals surface area contributed by atoms with Gasteiger partial charge in [0.15, 0.2) is 0 Å². The van der Waals surface area contributed by atoms with Crippen molar-refractivity contribution in [3.63, 3.8) is 0 Å². The van der Waals surface area contributed by atoms with Crippen molar-refractivity contribution >= 4 is 43.8 Å². The molecule has 0 aromatic heterocycles. The monoisotopic (exact) mass is 496 g/mol. The average molecular weight is 498 g/mol. The van der Waals surface area contributed by atoms with Gasteiger partial charge in [-0.3, -0.25) is 0 Å². The maximum Gasteiger partial charge on any atom is 0.276 e. The van der Waals surface area contributed by atoms with E-state index in [4.69, 9.17) is 16.3 Å². The van der Waals surface area contributed by atoms with E-state index in [9.17, 15) is 12.8 Å². The van der Waals surface area contributed by atoms with Crippen LogP contribution in [0.25, 0.3) is 0 Å². The van der Waals surface area contributed by atoms with Crippen molar-refractivity contribution in [2.24, 2.45) is 5.10 Å². The summed E-state index contributed by atoms with van der Waals surface area (Å²) in [6.45, 7) is 0.266. The second kappa shape index (κ2) is 9.39. The van der Waals surface area contributed by atoms with Crippen LogP contribution < -0.4 is 9.57 Å². The molecule has 150 valence electrons. The number of hydrogen-bond acceptors (Lipinski definition) is 4. The summed E-state index contributed by atoms with van der Waals surface area (Å²) in [5.74, 6) is 0.247. The molecule has 5 nitrogen and oxygen atoms in total. The first kappa shape index (κ1) is 21.3. The molecule has 0 atom stereocenters. The van der Waals surface area contributed by atoms with E-state index in [1.807, 2.05) is 0 Å². The Labute approximate surface area is 181 Å². The fraction of sp³-hybridized carbons (Fsp3) is 0.0500. The lowest BCUT2D eigenvalue weighted by molar-refractivity contribution is 0.306. The van der Waals surface area contributed by atoms with E-state index in [0.717, 1.165) is 5.56 Å². The standard InChI is InChI=1S/C20H15BrClFN2O3S/c21-20-10-7-18(28-13-14-1-5-17(23)6-2-14)11-15(20)12-24-25-29(26,27)19-8-3-16(22)4-9-19/h1-12,25H,13H2/b24-12-. The Hall–Kier alpha value is -2.42. The van der Waals surface area contributed by atoms with Crippen LogP contribution in [0.2, 0.25) is 5.02 Å². The predicted octanol–water partition coefficient (Wildman–Crippen LogP) is 5.13. The minimum Gasteiger partial charge on any atom is -0.489 e. The molecule has 9 heteroatoms. The summed E-state index contributed by atoms with van der Waals surface area (Å²) in [6.07, 6.45) is 1.36.